The predicted molar refractivity (Wildman–Crippen MR) is 125 cm³/mol. The van der Waals surface area contributed by atoms with Gasteiger partial charge in [-0.2, -0.15) is 0 Å². The lowest BCUT2D eigenvalue weighted by molar-refractivity contribution is -0.121. The van der Waals surface area contributed by atoms with E-state index in [9.17, 15) is 14.4 Å². The van der Waals surface area contributed by atoms with Crippen LogP contribution in [0.3, 0.4) is 0 Å². The van der Waals surface area contributed by atoms with Gasteiger partial charge in [0.25, 0.3) is 5.91 Å². The minimum atomic E-state index is -0.348. The monoisotopic (exact) mass is 448 g/mol. The summed E-state index contributed by atoms with van der Waals surface area (Å²) in [5.41, 5.74) is 1.70. The molecular formula is C25H28N4O4. The molecule has 1 aromatic carbocycles. The number of methoxy groups -OCH3 is 1. The lowest BCUT2D eigenvalue weighted by Gasteiger charge is -2.26. The van der Waals surface area contributed by atoms with Crippen LogP contribution < -0.4 is 15.5 Å². The predicted octanol–water partition coefficient (Wildman–Crippen LogP) is 2.66. The van der Waals surface area contributed by atoms with Gasteiger partial charge >= 0.3 is 0 Å². The maximum absolute atomic E-state index is 13.1. The third kappa shape index (κ3) is 4.89. The van der Waals surface area contributed by atoms with Crippen molar-refractivity contribution in [3.05, 3.63) is 69.6 Å². The summed E-state index contributed by atoms with van der Waals surface area (Å²) in [6.07, 6.45) is 4.43. The molecule has 1 saturated heterocycles. The molecule has 0 saturated carbocycles. The molecule has 1 aliphatic heterocycles. The van der Waals surface area contributed by atoms with Crippen LogP contribution in [0.4, 0.5) is 0 Å². The van der Waals surface area contributed by atoms with Crippen molar-refractivity contribution in [2.24, 2.45) is 0 Å². The third-order valence-corrected chi connectivity index (χ3v) is 5.92. The number of benzene rings is 1. The summed E-state index contributed by atoms with van der Waals surface area (Å²) in [4.78, 5) is 45.3. The number of aromatic nitrogens is 2. The third-order valence-electron chi connectivity index (χ3n) is 5.92. The highest BCUT2D eigenvalue weighted by molar-refractivity contribution is 5.97. The van der Waals surface area contributed by atoms with Crippen LogP contribution in [0.25, 0.3) is 11.0 Å². The number of nitrogens with zero attached hydrogens (tertiary/aromatic N) is 3. The molecule has 1 fully saturated rings. The van der Waals surface area contributed by atoms with E-state index in [0.29, 0.717) is 36.4 Å². The van der Waals surface area contributed by atoms with Crippen LogP contribution in [0, 0.1) is 6.92 Å². The summed E-state index contributed by atoms with van der Waals surface area (Å²) < 4.78 is 6.93. The highest BCUT2D eigenvalue weighted by Gasteiger charge is 2.23. The fraction of sp³-hybridized carbons (Fsp3) is 0.360. The van der Waals surface area contributed by atoms with E-state index >= 15 is 0 Å². The van der Waals surface area contributed by atoms with E-state index in [-0.39, 0.29) is 29.4 Å². The Morgan fingerprint density at radius 1 is 1.09 bits per heavy atom. The van der Waals surface area contributed by atoms with Crippen LogP contribution in [-0.4, -0.2) is 46.5 Å². The smallest absolute Gasteiger partial charge is 0.259 e. The zero-order valence-corrected chi connectivity index (χ0v) is 19.0. The maximum atomic E-state index is 13.1. The molecule has 8 heteroatoms. The van der Waals surface area contributed by atoms with Gasteiger partial charge in [0.05, 0.1) is 12.5 Å². The average molecular weight is 449 g/mol. The molecule has 1 N–H and O–H groups in total. The number of fused-ring (bicyclic) bond motifs is 1. The zero-order chi connectivity index (χ0) is 23.4. The van der Waals surface area contributed by atoms with E-state index in [2.05, 4.69) is 10.3 Å². The number of pyridine rings is 2. The molecule has 0 atom stereocenters. The van der Waals surface area contributed by atoms with Crippen molar-refractivity contribution in [1.29, 1.82) is 0 Å². The molecule has 0 spiro atoms. The lowest BCUT2D eigenvalue weighted by atomic mass is 10.1. The molecule has 0 unspecified atom stereocenters. The molecule has 3 heterocycles. The number of piperidine rings is 1. The first-order chi connectivity index (χ1) is 16.0. The Balaban J connectivity index is 1.63. The molecule has 2 amide bonds. The number of carbonyl (C=O) groups is 2. The lowest BCUT2D eigenvalue weighted by Crippen LogP contribution is -2.38. The number of amides is 2. The van der Waals surface area contributed by atoms with Gasteiger partial charge in [0.15, 0.2) is 0 Å². The van der Waals surface area contributed by atoms with Crippen molar-refractivity contribution >= 4 is 22.8 Å². The number of aryl methyl sites for hydroxylation is 1. The minimum absolute atomic E-state index is 0.0668. The van der Waals surface area contributed by atoms with E-state index in [1.165, 1.54) is 6.20 Å². The summed E-state index contributed by atoms with van der Waals surface area (Å²) in [5.74, 6) is 0.147. The van der Waals surface area contributed by atoms with Crippen LogP contribution in [0.15, 0.2) is 47.4 Å². The molecule has 1 aliphatic rings. The molecule has 172 valence electrons. The van der Waals surface area contributed by atoms with Crippen LogP contribution in [0.2, 0.25) is 0 Å². The Morgan fingerprint density at radius 3 is 2.61 bits per heavy atom. The molecule has 33 heavy (non-hydrogen) atoms. The van der Waals surface area contributed by atoms with Gasteiger partial charge in [0.2, 0.25) is 11.3 Å². The number of rotatable bonds is 6. The normalized spacial score (nSPS) is 13.7. The fourth-order valence-electron chi connectivity index (χ4n) is 4.15. The standard InChI is InChI=1S/C25H28N4O4/c1-17-10-11-19-23(31)20(25(32)28-12-6-3-7-13-28)15-29(24(19)27-17)16-22(30)26-14-18-8-4-5-9-21(18)33-2/h4-5,8-11,15H,3,6-7,12-14,16H2,1-2H3,(H,26,30). The quantitative estimate of drug-likeness (QED) is 0.626. The summed E-state index contributed by atoms with van der Waals surface area (Å²) >= 11 is 0. The van der Waals surface area contributed by atoms with Gasteiger partial charge < -0.3 is 19.5 Å². The van der Waals surface area contributed by atoms with E-state index in [4.69, 9.17) is 4.74 Å². The first kappa shape index (κ1) is 22.5. The van der Waals surface area contributed by atoms with Gasteiger partial charge in [-0.3, -0.25) is 14.4 Å². The van der Waals surface area contributed by atoms with Crippen molar-refractivity contribution in [2.45, 2.75) is 39.3 Å². The van der Waals surface area contributed by atoms with Crippen molar-refractivity contribution in [2.75, 3.05) is 20.2 Å². The van der Waals surface area contributed by atoms with Crippen molar-refractivity contribution in [3.8, 4) is 5.75 Å². The summed E-state index contributed by atoms with van der Waals surface area (Å²) in [6, 6.07) is 10.9. The number of ether oxygens (including phenoxy) is 1. The second kappa shape index (κ2) is 9.85. The van der Waals surface area contributed by atoms with Crippen LogP contribution >= 0.6 is 0 Å². The Morgan fingerprint density at radius 2 is 1.85 bits per heavy atom. The van der Waals surface area contributed by atoms with Gasteiger partial charge in [-0.05, 0) is 44.4 Å². The number of para-hydroxylation sites is 1. The maximum Gasteiger partial charge on any atom is 0.259 e. The molecule has 3 aromatic rings. The van der Waals surface area contributed by atoms with Gasteiger partial charge in [-0.1, -0.05) is 18.2 Å². The van der Waals surface area contributed by atoms with Crippen molar-refractivity contribution < 1.29 is 14.3 Å². The van der Waals surface area contributed by atoms with Crippen LogP contribution in [-0.2, 0) is 17.9 Å². The van der Waals surface area contributed by atoms with Crippen molar-refractivity contribution in [3.63, 3.8) is 0 Å². The topological polar surface area (TPSA) is 93.5 Å². The molecular weight excluding hydrogens is 420 g/mol. The number of carbonyl (C=O) groups excluding carboxylic acids is 2. The highest BCUT2D eigenvalue weighted by atomic mass is 16.5. The van der Waals surface area contributed by atoms with E-state index < -0.39 is 0 Å². The average Bonchev–Trinajstić information content (AvgIpc) is 2.84. The fourth-order valence-corrected chi connectivity index (χ4v) is 4.15. The Hall–Kier alpha value is -3.68. The summed E-state index contributed by atoms with van der Waals surface area (Å²) in [7, 11) is 1.59. The number of nitrogens with one attached hydrogen (secondary N) is 1. The summed E-state index contributed by atoms with van der Waals surface area (Å²) in [5, 5.41) is 3.22. The molecule has 0 radical (unpaired) electrons. The summed E-state index contributed by atoms with van der Waals surface area (Å²) in [6.45, 7) is 3.34. The van der Waals surface area contributed by atoms with Gasteiger partial charge in [0.1, 0.15) is 23.5 Å². The second-order valence-corrected chi connectivity index (χ2v) is 8.27. The molecule has 2 aromatic heterocycles. The van der Waals surface area contributed by atoms with Gasteiger partial charge in [0, 0.05) is 37.1 Å². The Labute approximate surface area is 192 Å². The molecule has 4 rings (SSSR count). The molecule has 0 aliphatic carbocycles. The minimum Gasteiger partial charge on any atom is -0.496 e. The van der Waals surface area contributed by atoms with Crippen LogP contribution in [0.5, 0.6) is 5.75 Å². The first-order valence-corrected chi connectivity index (χ1v) is 11.2. The zero-order valence-electron chi connectivity index (χ0n) is 19.0. The van der Waals surface area contributed by atoms with Gasteiger partial charge in [-0.15, -0.1) is 0 Å². The SMILES string of the molecule is COc1ccccc1CNC(=O)Cn1cc(C(=O)N2CCCCC2)c(=O)c2ccc(C)nc21. The van der Waals surface area contributed by atoms with E-state index in [1.54, 1.807) is 28.7 Å². The van der Waals surface area contributed by atoms with Gasteiger partial charge in [-0.25, -0.2) is 4.98 Å². The van der Waals surface area contributed by atoms with E-state index in [1.807, 2.05) is 31.2 Å². The Bertz CT molecular complexity index is 1240. The van der Waals surface area contributed by atoms with E-state index in [0.717, 1.165) is 30.5 Å². The molecule has 0 bridgehead atoms. The second-order valence-electron chi connectivity index (χ2n) is 8.27. The van der Waals surface area contributed by atoms with Crippen LogP contribution in [0.1, 0.15) is 40.9 Å². The number of hydrogen-bond donors (Lipinski definition) is 1. The first-order valence-electron chi connectivity index (χ1n) is 11.2. The number of hydrogen-bond acceptors (Lipinski definition) is 5. The largest absolute Gasteiger partial charge is 0.496 e. The molecule has 8 nitrogen and oxygen atoms in total. The van der Waals surface area contributed by atoms with Crippen molar-refractivity contribution in [1.82, 2.24) is 19.8 Å². The Kier molecular flexibility index (Phi) is 6.72. The highest BCUT2D eigenvalue weighted by Crippen LogP contribution is 2.17. The number of likely N-dealkylation sites (tertiary alicyclic amines) is 1.